The fourth-order valence-electron chi connectivity index (χ4n) is 2.77. The van der Waals surface area contributed by atoms with Gasteiger partial charge in [0.2, 0.25) is 6.10 Å². The van der Waals surface area contributed by atoms with Crippen LogP contribution in [0.15, 0.2) is 54.3 Å². The lowest BCUT2D eigenvalue weighted by Gasteiger charge is -2.24. The van der Waals surface area contributed by atoms with Crippen LogP contribution in [0, 0.1) is 11.3 Å². The van der Waals surface area contributed by atoms with Crippen molar-refractivity contribution >= 4 is 22.6 Å². The number of aliphatic hydroxyl groups is 1. The summed E-state index contributed by atoms with van der Waals surface area (Å²) in [6.07, 6.45) is -0.959. The lowest BCUT2D eigenvalue weighted by Crippen LogP contribution is -2.38. The van der Waals surface area contributed by atoms with E-state index >= 15 is 0 Å². The van der Waals surface area contributed by atoms with Gasteiger partial charge in [-0.05, 0) is 24.3 Å². The highest BCUT2D eigenvalue weighted by Gasteiger charge is 2.29. The fraction of sp³-hybridized carbons (Fsp3) is 0.150. The second-order valence-electron chi connectivity index (χ2n) is 6.01. The molecule has 4 rings (SSSR count). The van der Waals surface area contributed by atoms with Gasteiger partial charge in [0, 0.05) is 0 Å². The summed E-state index contributed by atoms with van der Waals surface area (Å²) in [5, 5.41) is 19.6. The predicted molar refractivity (Wildman–Crippen MR) is 98.6 cm³/mol. The number of aromatic amines is 1. The molecule has 1 unspecified atom stereocenters. The molecular weight excluding hydrogens is 362 g/mol. The van der Waals surface area contributed by atoms with Crippen LogP contribution in [-0.2, 0) is 9.53 Å². The Morgan fingerprint density at radius 2 is 2.00 bits per heavy atom. The summed E-state index contributed by atoms with van der Waals surface area (Å²) >= 11 is 0. The third-order valence-electron chi connectivity index (χ3n) is 4.15. The molecule has 0 amide bonds. The van der Waals surface area contributed by atoms with Crippen molar-refractivity contribution in [1.82, 2.24) is 9.97 Å². The van der Waals surface area contributed by atoms with Gasteiger partial charge in [-0.15, -0.1) is 0 Å². The average molecular weight is 377 g/mol. The third kappa shape index (κ3) is 3.33. The van der Waals surface area contributed by atoms with Crippen LogP contribution in [-0.4, -0.2) is 40.4 Å². The summed E-state index contributed by atoms with van der Waals surface area (Å²) in [4.78, 5) is 19.5. The van der Waals surface area contributed by atoms with Gasteiger partial charge >= 0.3 is 5.97 Å². The van der Waals surface area contributed by atoms with Crippen LogP contribution < -0.4 is 9.47 Å². The highest BCUT2D eigenvalue weighted by Crippen LogP contribution is 2.31. The topological polar surface area (TPSA) is 117 Å². The number of carbonyl (C=O) groups excluding carboxylic acids is 1. The monoisotopic (exact) mass is 377 g/mol. The van der Waals surface area contributed by atoms with Crippen LogP contribution in [0.3, 0.4) is 0 Å². The first kappa shape index (κ1) is 17.4. The van der Waals surface area contributed by atoms with Crippen molar-refractivity contribution in [3.8, 4) is 17.6 Å². The number of nitriles is 1. The van der Waals surface area contributed by atoms with Gasteiger partial charge in [0.05, 0.1) is 11.0 Å². The zero-order valence-electron chi connectivity index (χ0n) is 14.6. The Balaban J connectivity index is 1.46. The van der Waals surface area contributed by atoms with E-state index < -0.39 is 24.4 Å². The van der Waals surface area contributed by atoms with Gasteiger partial charge in [-0.2, -0.15) is 5.26 Å². The summed E-state index contributed by atoms with van der Waals surface area (Å²) in [6, 6.07) is 16.1. The molecule has 1 aromatic heterocycles. The number of H-pyrrole nitrogens is 1. The van der Waals surface area contributed by atoms with Gasteiger partial charge < -0.3 is 24.3 Å². The number of aliphatic hydroxyl groups excluding tert-OH is 1. The number of nitrogens with zero attached hydrogens (tertiary/aromatic N) is 2. The van der Waals surface area contributed by atoms with E-state index in [1.807, 2.05) is 18.2 Å². The number of fused-ring (bicyclic) bond motifs is 2. The van der Waals surface area contributed by atoms with E-state index in [2.05, 4.69) is 9.97 Å². The molecular formula is C20H15N3O5. The SMILES string of the molecule is N#C/C(=C(\O)COC(=O)C1COc2ccccc2O1)c1nc2ccccc2[nH]1. The molecule has 8 nitrogen and oxygen atoms in total. The first-order chi connectivity index (χ1) is 13.7. The maximum Gasteiger partial charge on any atom is 0.351 e. The van der Waals surface area contributed by atoms with Crippen molar-refractivity contribution in [3.63, 3.8) is 0 Å². The molecule has 0 saturated carbocycles. The molecule has 2 N–H and O–H groups in total. The number of aromatic nitrogens is 2. The van der Waals surface area contributed by atoms with Crippen LogP contribution in [0.2, 0.25) is 0 Å². The zero-order valence-corrected chi connectivity index (χ0v) is 14.6. The number of esters is 1. The number of carbonyl (C=O) groups is 1. The number of allylic oxidation sites excluding steroid dienone is 1. The Kier molecular flexibility index (Phi) is 4.56. The molecule has 140 valence electrons. The molecule has 8 heteroatoms. The molecule has 1 aliphatic heterocycles. The summed E-state index contributed by atoms with van der Waals surface area (Å²) in [5.74, 6) is 0.0693. The summed E-state index contributed by atoms with van der Waals surface area (Å²) in [6.45, 7) is -0.491. The molecule has 0 aliphatic carbocycles. The number of para-hydroxylation sites is 4. The molecule has 0 fully saturated rings. The van der Waals surface area contributed by atoms with Gasteiger partial charge in [0.25, 0.3) is 0 Å². The van der Waals surface area contributed by atoms with Crippen LogP contribution in [0.5, 0.6) is 11.5 Å². The van der Waals surface area contributed by atoms with Crippen LogP contribution in [0.25, 0.3) is 16.6 Å². The lowest BCUT2D eigenvalue weighted by molar-refractivity contribution is -0.154. The Bertz CT molecular complexity index is 1080. The van der Waals surface area contributed by atoms with Gasteiger partial charge in [0.1, 0.15) is 24.9 Å². The van der Waals surface area contributed by atoms with E-state index in [-0.39, 0.29) is 18.0 Å². The highest BCUT2D eigenvalue weighted by molar-refractivity contribution is 5.83. The third-order valence-corrected chi connectivity index (χ3v) is 4.15. The molecule has 0 bridgehead atoms. The fourth-order valence-corrected chi connectivity index (χ4v) is 2.77. The number of hydrogen-bond donors (Lipinski definition) is 2. The normalized spacial score (nSPS) is 16.2. The molecule has 3 aromatic rings. The average Bonchev–Trinajstić information content (AvgIpc) is 3.15. The van der Waals surface area contributed by atoms with Crippen molar-refractivity contribution in [1.29, 1.82) is 5.26 Å². The molecule has 2 aromatic carbocycles. The molecule has 1 atom stereocenters. The predicted octanol–water partition coefficient (Wildman–Crippen LogP) is 2.74. The summed E-state index contributed by atoms with van der Waals surface area (Å²) < 4.78 is 16.1. The lowest BCUT2D eigenvalue weighted by atomic mass is 10.2. The van der Waals surface area contributed by atoms with E-state index in [9.17, 15) is 15.2 Å². The van der Waals surface area contributed by atoms with Crippen LogP contribution >= 0.6 is 0 Å². The van der Waals surface area contributed by atoms with Crippen molar-refractivity contribution in [3.05, 3.63) is 60.1 Å². The number of rotatable bonds is 4. The largest absolute Gasteiger partial charge is 0.507 e. The minimum atomic E-state index is -0.959. The molecule has 0 saturated heterocycles. The van der Waals surface area contributed by atoms with Gasteiger partial charge in [-0.3, -0.25) is 0 Å². The number of hydrogen-bond acceptors (Lipinski definition) is 7. The molecule has 0 spiro atoms. The number of benzene rings is 2. The minimum absolute atomic E-state index is 0.00496. The first-order valence-electron chi connectivity index (χ1n) is 8.48. The second kappa shape index (κ2) is 7.32. The van der Waals surface area contributed by atoms with E-state index in [4.69, 9.17) is 14.2 Å². The minimum Gasteiger partial charge on any atom is -0.507 e. The van der Waals surface area contributed by atoms with Gasteiger partial charge in [-0.1, -0.05) is 24.3 Å². The van der Waals surface area contributed by atoms with E-state index in [0.29, 0.717) is 17.0 Å². The van der Waals surface area contributed by atoms with Crippen LogP contribution in [0.1, 0.15) is 5.82 Å². The number of imidazole rings is 1. The maximum atomic E-state index is 12.2. The Morgan fingerprint density at radius 3 is 2.79 bits per heavy atom. The Morgan fingerprint density at radius 1 is 1.25 bits per heavy atom. The maximum absolute atomic E-state index is 12.2. The number of nitrogens with one attached hydrogen (secondary N) is 1. The molecule has 28 heavy (non-hydrogen) atoms. The number of ether oxygens (including phenoxy) is 3. The standard InChI is InChI=1S/C20H15N3O5/c21-9-12(19-22-13-5-1-2-6-14(13)23-19)15(24)10-27-20(25)18-11-26-16-7-3-4-8-17(16)28-18/h1-8,18,24H,10-11H2,(H,22,23)/b15-12+. The summed E-state index contributed by atoms with van der Waals surface area (Å²) in [5.41, 5.74) is 1.28. The van der Waals surface area contributed by atoms with Gasteiger partial charge in [-0.25, -0.2) is 9.78 Å². The van der Waals surface area contributed by atoms with Crippen molar-refractivity contribution in [2.24, 2.45) is 0 Å². The van der Waals surface area contributed by atoms with E-state index in [1.54, 1.807) is 36.4 Å². The van der Waals surface area contributed by atoms with Crippen molar-refractivity contribution in [2.45, 2.75) is 6.10 Å². The molecule has 2 heterocycles. The first-order valence-corrected chi connectivity index (χ1v) is 8.48. The Hall–Kier alpha value is -3.99. The van der Waals surface area contributed by atoms with Crippen molar-refractivity contribution in [2.75, 3.05) is 13.2 Å². The second-order valence-corrected chi connectivity index (χ2v) is 6.01. The van der Waals surface area contributed by atoms with E-state index in [0.717, 1.165) is 5.52 Å². The van der Waals surface area contributed by atoms with Crippen molar-refractivity contribution < 1.29 is 24.1 Å². The molecule has 1 aliphatic rings. The Labute approximate surface area is 159 Å². The zero-order chi connectivity index (χ0) is 19.5. The highest BCUT2D eigenvalue weighted by atomic mass is 16.6. The smallest absolute Gasteiger partial charge is 0.351 e. The summed E-state index contributed by atoms with van der Waals surface area (Å²) in [7, 11) is 0. The van der Waals surface area contributed by atoms with Crippen LogP contribution in [0.4, 0.5) is 0 Å². The van der Waals surface area contributed by atoms with E-state index in [1.165, 1.54) is 0 Å². The quantitative estimate of drug-likeness (QED) is 0.408. The molecule has 0 radical (unpaired) electrons. The van der Waals surface area contributed by atoms with Gasteiger partial charge in [0.15, 0.2) is 23.1 Å².